The van der Waals surface area contributed by atoms with Gasteiger partial charge in [-0.05, 0) is 6.07 Å². The summed E-state index contributed by atoms with van der Waals surface area (Å²) >= 11 is 0. The maximum absolute atomic E-state index is 10.6. The van der Waals surface area contributed by atoms with Crippen LogP contribution in [0.1, 0.15) is 5.76 Å². The fourth-order valence-corrected chi connectivity index (χ4v) is 1.73. The van der Waals surface area contributed by atoms with Crippen molar-refractivity contribution in [2.75, 3.05) is 31.2 Å². The van der Waals surface area contributed by atoms with Gasteiger partial charge in [0, 0.05) is 25.6 Å². The van der Waals surface area contributed by atoms with E-state index in [4.69, 9.17) is 20.0 Å². The number of rotatable bonds is 4. The van der Waals surface area contributed by atoms with Crippen LogP contribution in [0, 0.1) is 0 Å². The molecule has 6 nitrogen and oxygen atoms in total. The van der Waals surface area contributed by atoms with E-state index in [2.05, 4.69) is 4.90 Å². The lowest BCUT2D eigenvalue weighted by Crippen LogP contribution is -2.36. The first-order valence-electron chi connectivity index (χ1n) is 5.56. The lowest BCUT2D eigenvalue weighted by Gasteiger charge is -2.26. The number of furan rings is 1. The Morgan fingerprint density at radius 1 is 1.47 bits per heavy atom. The third-order valence-electron chi connectivity index (χ3n) is 2.71. The third kappa shape index (κ3) is 2.98. The standard InChI is InChI=1S/C11H16N2O4/c12-9(11(14)15)7-8-1-2-10(17-8)13-3-5-16-6-4-13/h1-2,9H,3-7,12H2,(H,14,15). The first-order valence-corrected chi connectivity index (χ1v) is 5.56. The van der Waals surface area contributed by atoms with E-state index in [-0.39, 0.29) is 6.42 Å². The minimum Gasteiger partial charge on any atom is -0.480 e. The topological polar surface area (TPSA) is 88.9 Å². The highest BCUT2D eigenvalue weighted by atomic mass is 16.5. The Labute approximate surface area is 98.9 Å². The van der Waals surface area contributed by atoms with E-state index in [9.17, 15) is 4.79 Å². The number of morpholine rings is 1. The molecule has 1 saturated heterocycles. The molecule has 1 aromatic rings. The normalized spacial score (nSPS) is 18.1. The Balaban J connectivity index is 1.97. The lowest BCUT2D eigenvalue weighted by molar-refractivity contribution is -0.138. The molecule has 0 aromatic carbocycles. The number of carbonyl (C=O) groups is 1. The van der Waals surface area contributed by atoms with E-state index in [1.807, 2.05) is 6.07 Å². The molecule has 1 aliphatic rings. The Morgan fingerprint density at radius 2 is 2.18 bits per heavy atom. The van der Waals surface area contributed by atoms with Gasteiger partial charge in [-0.1, -0.05) is 0 Å². The predicted molar refractivity (Wildman–Crippen MR) is 61.1 cm³/mol. The first-order chi connectivity index (χ1) is 8.16. The molecule has 1 aliphatic heterocycles. The van der Waals surface area contributed by atoms with Crippen molar-refractivity contribution in [1.29, 1.82) is 0 Å². The molecule has 2 rings (SSSR count). The van der Waals surface area contributed by atoms with Gasteiger partial charge in [-0.3, -0.25) is 4.79 Å². The summed E-state index contributed by atoms with van der Waals surface area (Å²) in [5.74, 6) is 0.330. The molecule has 1 unspecified atom stereocenters. The number of hydrogen-bond acceptors (Lipinski definition) is 5. The first kappa shape index (κ1) is 11.9. The summed E-state index contributed by atoms with van der Waals surface area (Å²) < 4.78 is 10.8. The molecule has 0 radical (unpaired) electrons. The molecule has 1 aromatic heterocycles. The van der Waals surface area contributed by atoms with Crippen LogP contribution in [0.25, 0.3) is 0 Å². The Morgan fingerprint density at radius 3 is 2.82 bits per heavy atom. The van der Waals surface area contributed by atoms with E-state index < -0.39 is 12.0 Å². The van der Waals surface area contributed by atoms with Gasteiger partial charge in [-0.2, -0.15) is 0 Å². The van der Waals surface area contributed by atoms with E-state index in [1.165, 1.54) is 0 Å². The highest BCUT2D eigenvalue weighted by Gasteiger charge is 2.17. The lowest BCUT2D eigenvalue weighted by atomic mass is 10.2. The minimum atomic E-state index is -1.02. The van der Waals surface area contributed by atoms with Crippen LogP contribution in [0.3, 0.4) is 0 Å². The number of aliphatic carboxylic acids is 1. The van der Waals surface area contributed by atoms with Gasteiger partial charge in [0.25, 0.3) is 0 Å². The van der Waals surface area contributed by atoms with Gasteiger partial charge in [0.1, 0.15) is 11.8 Å². The summed E-state index contributed by atoms with van der Waals surface area (Å²) in [5.41, 5.74) is 5.44. The van der Waals surface area contributed by atoms with Gasteiger partial charge in [0.15, 0.2) is 5.88 Å². The summed E-state index contributed by atoms with van der Waals surface area (Å²) in [4.78, 5) is 12.7. The number of carboxylic acids is 1. The number of nitrogens with zero attached hydrogens (tertiary/aromatic N) is 1. The van der Waals surface area contributed by atoms with Crippen LogP contribution < -0.4 is 10.6 Å². The zero-order chi connectivity index (χ0) is 12.3. The SMILES string of the molecule is NC(Cc1ccc(N2CCOCC2)o1)C(=O)O. The summed E-state index contributed by atoms with van der Waals surface area (Å²) in [5, 5.41) is 8.71. The summed E-state index contributed by atoms with van der Waals surface area (Å²) in [7, 11) is 0. The Kier molecular flexibility index (Phi) is 3.65. The van der Waals surface area contributed by atoms with Crippen LogP contribution in [0.15, 0.2) is 16.5 Å². The van der Waals surface area contributed by atoms with Crippen molar-refractivity contribution in [3.05, 3.63) is 17.9 Å². The Hall–Kier alpha value is -1.53. The van der Waals surface area contributed by atoms with E-state index >= 15 is 0 Å². The number of nitrogens with two attached hydrogens (primary N) is 1. The molecule has 1 atom stereocenters. The van der Waals surface area contributed by atoms with E-state index in [0.717, 1.165) is 19.0 Å². The second-order valence-corrected chi connectivity index (χ2v) is 3.99. The van der Waals surface area contributed by atoms with Crippen molar-refractivity contribution >= 4 is 11.9 Å². The van der Waals surface area contributed by atoms with Gasteiger partial charge in [0.2, 0.25) is 0 Å². The van der Waals surface area contributed by atoms with E-state index in [1.54, 1.807) is 6.07 Å². The summed E-state index contributed by atoms with van der Waals surface area (Å²) in [6, 6.07) is 2.70. The maximum atomic E-state index is 10.6. The number of hydrogen-bond donors (Lipinski definition) is 2. The third-order valence-corrected chi connectivity index (χ3v) is 2.71. The molecule has 2 heterocycles. The second kappa shape index (κ2) is 5.20. The molecule has 17 heavy (non-hydrogen) atoms. The van der Waals surface area contributed by atoms with E-state index in [0.29, 0.717) is 19.0 Å². The highest BCUT2D eigenvalue weighted by molar-refractivity contribution is 5.73. The van der Waals surface area contributed by atoms with Crippen molar-refractivity contribution < 1.29 is 19.1 Å². The number of ether oxygens (including phenoxy) is 1. The van der Waals surface area contributed by atoms with Crippen LogP contribution in [0.4, 0.5) is 5.88 Å². The molecule has 0 saturated carbocycles. The highest BCUT2D eigenvalue weighted by Crippen LogP contribution is 2.20. The molecule has 1 fully saturated rings. The van der Waals surface area contributed by atoms with Crippen LogP contribution >= 0.6 is 0 Å². The smallest absolute Gasteiger partial charge is 0.320 e. The van der Waals surface area contributed by atoms with Gasteiger partial charge >= 0.3 is 5.97 Å². The summed E-state index contributed by atoms with van der Waals surface area (Å²) in [6.07, 6.45) is 0.208. The molecule has 0 spiro atoms. The maximum Gasteiger partial charge on any atom is 0.320 e. The summed E-state index contributed by atoms with van der Waals surface area (Å²) in [6.45, 7) is 2.95. The van der Waals surface area contributed by atoms with Crippen LogP contribution in [-0.4, -0.2) is 43.4 Å². The second-order valence-electron chi connectivity index (χ2n) is 3.99. The molecule has 0 amide bonds. The average Bonchev–Trinajstić information content (AvgIpc) is 2.78. The fourth-order valence-electron chi connectivity index (χ4n) is 1.73. The van der Waals surface area contributed by atoms with Crippen LogP contribution in [-0.2, 0) is 16.0 Å². The zero-order valence-electron chi connectivity index (χ0n) is 9.46. The molecular weight excluding hydrogens is 224 g/mol. The van der Waals surface area contributed by atoms with Crippen molar-refractivity contribution in [3.63, 3.8) is 0 Å². The van der Waals surface area contributed by atoms with Gasteiger partial charge in [0.05, 0.1) is 13.2 Å². The number of anilines is 1. The molecule has 6 heteroatoms. The molecular formula is C11H16N2O4. The molecule has 3 N–H and O–H groups in total. The minimum absolute atomic E-state index is 0.208. The van der Waals surface area contributed by atoms with Crippen molar-refractivity contribution in [2.24, 2.45) is 5.73 Å². The zero-order valence-corrected chi connectivity index (χ0v) is 9.46. The van der Waals surface area contributed by atoms with Crippen LogP contribution in [0.5, 0.6) is 0 Å². The Bertz CT molecular complexity index is 385. The predicted octanol–water partition coefficient (Wildman–Crippen LogP) is 0.0706. The fraction of sp³-hybridized carbons (Fsp3) is 0.545. The van der Waals surface area contributed by atoms with Gasteiger partial charge in [-0.15, -0.1) is 0 Å². The van der Waals surface area contributed by atoms with Gasteiger partial charge < -0.3 is 24.9 Å². The van der Waals surface area contributed by atoms with Gasteiger partial charge in [-0.25, -0.2) is 0 Å². The molecule has 94 valence electrons. The average molecular weight is 240 g/mol. The van der Waals surface area contributed by atoms with Crippen LogP contribution in [0.2, 0.25) is 0 Å². The van der Waals surface area contributed by atoms with Crippen molar-refractivity contribution in [1.82, 2.24) is 0 Å². The quantitative estimate of drug-likeness (QED) is 0.774. The largest absolute Gasteiger partial charge is 0.480 e. The molecule has 0 bridgehead atoms. The van der Waals surface area contributed by atoms with Crippen molar-refractivity contribution in [3.8, 4) is 0 Å². The monoisotopic (exact) mass is 240 g/mol. The number of carboxylic acid groups (broad SMARTS) is 1. The molecule has 0 aliphatic carbocycles. The van der Waals surface area contributed by atoms with Crippen molar-refractivity contribution in [2.45, 2.75) is 12.5 Å².